The molecule has 3 unspecified atom stereocenters. The SMILES string of the molecule is F.F.FCC(F)C(F)C(F)C(F)F. The maximum absolute atomic E-state index is 12.0. The molecule has 0 amide bonds. The second-order valence-electron chi connectivity index (χ2n) is 1.89. The average Bonchev–Trinajstić information content (AvgIpc) is 2.00. The van der Waals surface area contributed by atoms with Crippen molar-refractivity contribution >= 4 is 0 Å². The van der Waals surface area contributed by atoms with Gasteiger partial charge < -0.3 is 0 Å². The number of hydrogen-bond acceptors (Lipinski definition) is 0. The summed E-state index contributed by atoms with van der Waals surface area (Å²) in [4.78, 5) is 0. The molecule has 13 heavy (non-hydrogen) atoms. The van der Waals surface area contributed by atoms with Gasteiger partial charge in [-0.3, -0.25) is 9.41 Å². The number of hydrogen-bond donors (Lipinski definition) is 0. The van der Waals surface area contributed by atoms with Gasteiger partial charge in [0.15, 0.2) is 18.5 Å². The monoisotopic (exact) mass is 220 g/mol. The van der Waals surface area contributed by atoms with E-state index in [-0.39, 0.29) is 9.41 Å². The topological polar surface area (TPSA) is 0 Å². The quantitative estimate of drug-likeness (QED) is 0.638. The third-order valence-electron chi connectivity index (χ3n) is 1.04. The Morgan fingerprint density at radius 2 is 1.15 bits per heavy atom. The van der Waals surface area contributed by atoms with Crippen LogP contribution in [0.15, 0.2) is 0 Å². The minimum atomic E-state index is -3.62. The lowest BCUT2D eigenvalue weighted by molar-refractivity contribution is -0.0270. The van der Waals surface area contributed by atoms with E-state index in [9.17, 15) is 26.3 Å². The maximum atomic E-state index is 12.0. The van der Waals surface area contributed by atoms with Crippen LogP contribution in [0.5, 0.6) is 0 Å². The smallest absolute Gasteiger partial charge is 0.269 e. The van der Waals surface area contributed by atoms with Crippen LogP contribution in [0.4, 0.5) is 35.8 Å². The van der Waals surface area contributed by atoms with Crippen LogP contribution in [-0.4, -0.2) is 31.6 Å². The number of halogens is 8. The Morgan fingerprint density at radius 3 is 1.38 bits per heavy atom. The summed E-state index contributed by atoms with van der Waals surface area (Å²) in [6, 6.07) is 0. The van der Waals surface area contributed by atoms with Crippen LogP contribution in [0.1, 0.15) is 0 Å². The largest absolute Gasteiger partial charge is 0.272 e. The fourth-order valence-corrected chi connectivity index (χ4v) is 0.424. The van der Waals surface area contributed by atoms with Crippen LogP contribution in [0.25, 0.3) is 0 Å². The Balaban J connectivity index is -0.000000500. The van der Waals surface area contributed by atoms with Gasteiger partial charge in [-0.2, -0.15) is 0 Å². The first-order chi connectivity index (χ1) is 5.00. The van der Waals surface area contributed by atoms with Gasteiger partial charge in [-0.1, -0.05) is 0 Å². The first kappa shape index (κ1) is 18.3. The van der Waals surface area contributed by atoms with Crippen molar-refractivity contribution < 1.29 is 35.8 Å². The predicted octanol–water partition coefficient (Wildman–Crippen LogP) is 2.54. The average molecular weight is 220 g/mol. The second-order valence-corrected chi connectivity index (χ2v) is 1.89. The van der Waals surface area contributed by atoms with Crippen molar-refractivity contribution in [3.63, 3.8) is 0 Å². The molecule has 0 aliphatic rings. The molecule has 0 aromatic heterocycles. The van der Waals surface area contributed by atoms with Gasteiger partial charge in [0.25, 0.3) is 6.43 Å². The molecule has 0 radical (unpaired) electrons. The summed E-state index contributed by atoms with van der Waals surface area (Å²) < 4.78 is 69.4. The predicted molar refractivity (Wildman–Crippen MR) is 31.7 cm³/mol. The van der Waals surface area contributed by atoms with Crippen LogP contribution in [0, 0.1) is 0 Å². The second kappa shape index (κ2) is 8.06. The Labute approximate surface area is 68.6 Å². The lowest BCUT2D eigenvalue weighted by atomic mass is 10.2. The normalized spacial score (nSPS) is 16.8. The maximum Gasteiger partial charge on any atom is 0.272 e. The van der Waals surface area contributed by atoms with E-state index in [0.29, 0.717) is 0 Å². The lowest BCUT2D eigenvalue weighted by Gasteiger charge is -2.13. The Morgan fingerprint density at radius 1 is 0.769 bits per heavy atom. The molecule has 0 bridgehead atoms. The third-order valence-corrected chi connectivity index (χ3v) is 1.04. The third kappa shape index (κ3) is 5.64. The van der Waals surface area contributed by atoms with Crippen molar-refractivity contribution in [2.75, 3.05) is 6.67 Å². The summed E-state index contributed by atoms with van der Waals surface area (Å²) in [7, 11) is 0. The van der Waals surface area contributed by atoms with E-state index in [1.165, 1.54) is 0 Å². The zero-order chi connectivity index (χ0) is 9.02. The molecule has 0 saturated heterocycles. The van der Waals surface area contributed by atoms with Gasteiger partial charge in [0.2, 0.25) is 0 Å². The van der Waals surface area contributed by atoms with Gasteiger partial charge in [-0.25, -0.2) is 26.3 Å². The number of rotatable bonds is 4. The van der Waals surface area contributed by atoms with Crippen LogP contribution >= 0.6 is 0 Å². The van der Waals surface area contributed by atoms with Crippen LogP contribution < -0.4 is 0 Å². The minimum Gasteiger partial charge on any atom is -0.269 e. The lowest BCUT2D eigenvalue weighted by Crippen LogP contribution is -2.34. The fraction of sp³-hybridized carbons (Fsp3) is 1.00. The Bertz CT molecular complexity index is 107. The minimum absolute atomic E-state index is 0. The fourth-order valence-electron chi connectivity index (χ4n) is 0.424. The Kier molecular flexibility index (Phi) is 11.3. The summed E-state index contributed by atoms with van der Waals surface area (Å²) in [5, 5.41) is 0. The highest BCUT2D eigenvalue weighted by Gasteiger charge is 2.36. The van der Waals surface area contributed by atoms with Gasteiger partial charge in [-0.05, 0) is 0 Å². The van der Waals surface area contributed by atoms with Crippen LogP contribution in [0.2, 0.25) is 0 Å². The van der Waals surface area contributed by atoms with E-state index in [0.717, 1.165) is 0 Å². The molecule has 8 heteroatoms. The molecule has 0 fully saturated rings. The zero-order valence-corrected chi connectivity index (χ0v) is 6.10. The first-order valence-corrected chi connectivity index (χ1v) is 2.77. The summed E-state index contributed by atoms with van der Waals surface area (Å²) in [5.41, 5.74) is 0. The standard InChI is InChI=1S/C5H6F6.2FH/c6-1-2(7)3(8)4(9)5(10)11;;/h2-5H,1H2;2*1H. The molecule has 84 valence electrons. The molecule has 0 aliphatic carbocycles. The van der Waals surface area contributed by atoms with E-state index in [1.54, 1.807) is 0 Å². The van der Waals surface area contributed by atoms with Gasteiger partial charge in [0.1, 0.15) is 6.67 Å². The zero-order valence-electron chi connectivity index (χ0n) is 6.10. The first-order valence-electron chi connectivity index (χ1n) is 2.77. The molecular weight excluding hydrogens is 212 g/mol. The molecule has 0 N–H and O–H groups in total. The Hall–Kier alpha value is -0.560. The van der Waals surface area contributed by atoms with Crippen molar-refractivity contribution in [1.82, 2.24) is 0 Å². The van der Waals surface area contributed by atoms with Gasteiger partial charge >= 0.3 is 0 Å². The van der Waals surface area contributed by atoms with Gasteiger partial charge in [0.05, 0.1) is 0 Å². The highest BCUT2D eigenvalue weighted by molar-refractivity contribution is 4.77. The van der Waals surface area contributed by atoms with Gasteiger partial charge in [0, 0.05) is 0 Å². The molecule has 0 heterocycles. The van der Waals surface area contributed by atoms with Crippen molar-refractivity contribution in [1.29, 1.82) is 0 Å². The van der Waals surface area contributed by atoms with E-state index >= 15 is 0 Å². The molecule has 0 aliphatic heterocycles. The van der Waals surface area contributed by atoms with Crippen molar-refractivity contribution in [2.45, 2.75) is 24.9 Å². The summed E-state index contributed by atoms with van der Waals surface area (Å²) in [5.74, 6) is 0. The molecule has 0 aromatic carbocycles. The molecule has 3 atom stereocenters. The molecule has 0 nitrogen and oxygen atoms in total. The highest BCUT2D eigenvalue weighted by Crippen LogP contribution is 2.18. The highest BCUT2D eigenvalue weighted by atomic mass is 19.3. The molecule has 0 aromatic rings. The summed E-state index contributed by atoms with van der Waals surface area (Å²) in [6.07, 6.45) is -12.8. The van der Waals surface area contributed by atoms with E-state index in [4.69, 9.17) is 0 Å². The van der Waals surface area contributed by atoms with Crippen molar-refractivity contribution in [3.05, 3.63) is 0 Å². The molecule has 0 saturated carbocycles. The van der Waals surface area contributed by atoms with Crippen LogP contribution in [0.3, 0.4) is 0 Å². The van der Waals surface area contributed by atoms with E-state index in [2.05, 4.69) is 0 Å². The van der Waals surface area contributed by atoms with Crippen molar-refractivity contribution in [2.24, 2.45) is 0 Å². The molecular formula is C5H8F8. The summed E-state index contributed by atoms with van der Waals surface area (Å²) >= 11 is 0. The number of alkyl halides is 6. The van der Waals surface area contributed by atoms with Crippen molar-refractivity contribution in [3.8, 4) is 0 Å². The molecule has 0 spiro atoms. The van der Waals surface area contributed by atoms with Gasteiger partial charge in [-0.15, -0.1) is 0 Å². The van der Waals surface area contributed by atoms with E-state index < -0.39 is 31.6 Å². The van der Waals surface area contributed by atoms with E-state index in [1.807, 2.05) is 0 Å². The molecule has 0 rings (SSSR count). The summed E-state index contributed by atoms with van der Waals surface area (Å²) in [6.45, 7) is -1.80. The van der Waals surface area contributed by atoms with Crippen LogP contribution in [-0.2, 0) is 0 Å².